The van der Waals surface area contributed by atoms with Crippen molar-refractivity contribution in [2.45, 2.75) is 26.2 Å². The Kier molecular flexibility index (Phi) is 4.64. The summed E-state index contributed by atoms with van der Waals surface area (Å²) in [4.78, 5) is 14.4. The molecular weight excluding hydrogens is 248 g/mol. The minimum Gasteiger partial charge on any atom is -0.303 e. The van der Waals surface area contributed by atoms with Crippen LogP contribution < -0.4 is 0 Å². The van der Waals surface area contributed by atoms with Gasteiger partial charge in [-0.2, -0.15) is 0 Å². The van der Waals surface area contributed by atoms with Crippen molar-refractivity contribution < 1.29 is 13.6 Å². The molecule has 1 aliphatic heterocycles. The molecule has 4 heteroatoms. The van der Waals surface area contributed by atoms with Crippen molar-refractivity contribution in [2.24, 2.45) is 5.92 Å². The van der Waals surface area contributed by atoms with Gasteiger partial charge in [0.15, 0.2) is 17.4 Å². The average Bonchev–Trinajstić information content (AvgIpc) is 2.42. The van der Waals surface area contributed by atoms with Gasteiger partial charge in [0.05, 0.1) is 0 Å². The first-order valence-corrected chi connectivity index (χ1v) is 6.79. The normalized spacial score (nSPS) is 18.3. The second kappa shape index (κ2) is 6.24. The van der Waals surface area contributed by atoms with Crippen LogP contribution in [0.4, 0.5) is 8.78 Å². The van der Waals surface area contributed by atoms with Gasteiger partial charge in [-0.25, -0.2) is 8.78 Å². The fourth-order valence-corrected chi connectivity index (χ4v) is 2.55. The van der Waals surface area contributed by atoms with E-state index in [4.69, 9.17) is 0 Å². The minimum atomic E-state index is -0.962. The van der Waals surface area contributed by atoms with Gasteiger partial charge >= 0.3 is 0 Å². The summed E-state index contributed by atoms with van der Waals surface area (Å²) in [5, 5.41) is 0. The van der Waals surface area contributed by atoms with E-state index in [1.54, 1.807) is 0 Å². The van der Waals surface area contributed by atoms with Gasteiger partial charge in [-0.05, 0) is 44.1 Å². The van der Waals surface area contributed by atoms with Gasteiger partial charge < -0.3 is 4.90 Å². The monoisotopic (exact) mass is 267 g/mol. The van der Waals surface area contributed by atoms with Crippen molar-refractivity contribution in [1.82, 2.24) is 4.90 Å². The summed E-state index contributed by atoms with van der Waals surface area (Å²) in [6, 6.07) is 3.36. The minimum absolute atomic E-state index is 0.121. The van der Waals surface area contributed by atoms with Gasteiger partial charge in [0.25, 0.3) is 0 Å². The second-order valence-corrected chi connectivity index (χ2v) is 5.26. The number of rotatable bonds is 4. The molecule has 0 aromatic heterocycles. The van der Waals surface area contributed by atoms with Crippen LogP contribution in [-0.4, -0.2) is 30.3 Å². The van der Waals surface area contributed by atoms with Crippen molar-refractivity contribution in [3.8, 4) is 0 Å². The Morgan fingerprint density at radius 3 is 2.53 bits per heavy atom. The fraction of sp³-hybridized carbons (Fsp3) is 0.533. The Balaban J connectivity index is 1.99. The number of Topliss-reactive ketones (excluding diaryl/α,β-unsaturated/α-hetero) is 1. The number of hydrogen-bond acceptors (Lipinski definition) is 2. The lowest BCUT2D eigenvalue weighted by atomic mass is 9.97. The molecule has 1 aromatic rings. The molecule has 0 radical (unpaired) electrons. The maximum absolute atomic E-state index is 13.1. The maximum Gasteiger partial charge on any atom is 0.167 e. The average molecular weight is 267 g/mol. The Morgan fingerprint density at radius 2 is 1.89 bits per heavy atom. The van der Waals surface area contributed by atoms with E-state index < -0.39 is 11.6 Å². The zero-order valence-corrected chi connectivity index (χ0v) is 11.2. The van der Waals surface area contributed by atoms with E-state index in [0.717, 1.165) is 25.2 Å². The number of carbonyl (C=O) groups excluding carboxylic acids is 1. The molecule has 1 aromatic carbocycles. The Labute approximate surface area is 112 Å². The number of ketones is 1. The summed E-state index contributed by atoms with van der Waals surface area (Å²) >= 11 is 0. The van der Waals surface area contributed by atoms with Crippen LogP contribution in [0.15, 0.2) is 18.2 Å². The predicted molar refractivity (Wildman–Crippen MR) is 70.1 cm³/mol. The van der Waals surface area contributed by atoms with E-state index in [2.05, 4.69) is 4.90 Å². The smallest absolute Gasteiger partial charge is 0.167 e. The largest absolute Gasteiger partial charge is 0.303 e. The van der Waals surface area contributed by atoms with Crippen LogP contribution >= 0.6 is 0 Å². The van der Waals surface area contributed by atoms with Crippen LogP contribution in [0, 0.1) is 17.6 Å². The first kappa shape index (κ1) is 14.1. The standard InChI is InChI=1S/C15H19F2NO/c1-11(10-18-7-3-2-4-8-18)15(19)12-5-6-13(16)14(17)9-12/h5-6,9,11H,2-4,7-8,10H2,1H3. The number of piperidine rings is 1. The van der Waals surface area contributed by atoms with Crippen LogP contribution in [0.1, 0.15) is 36.5 Å². The van der Waals surface area contributed by atoms with Crippen LogP contribution in [0.25, 0.3) is 0 Å². The Bertz CT molecular complexity index is 455. The maximum atomic E-state index is 13.1. The van der Waals surface area contributed by atoms with Crippen LogP contribution in [0.3, 0.4) is 0 Å². The molecule has 1 aliphatic rings. The van der Waals surface area contributed by atoms with Crippen molar-refractivity contribution >= 4 is 5.78 Å². The highest BCUT2D eigenvalue weighted by molar-refractivity contribution is 5.97. The number of halogens is 2. The molecule has 2 nitrogen and oxygen atoms in total. The molecule has 19 heavy (non-hydrogen) atoms. The number of benzene rings is 1. The lowest BCUT2D eigenvalue weighted by Gasteiger charge is -2.28. The third kappa shape index (κ3) is 3.60. The van der Waals surface area contributed by atoms with Crippen LogP contribution in [-0.2, 0) is 0 Å². The Morgan fingerprint density at radius 1 is 1.21 bits per heavy atom. The zero-order valence-electron chi connectivity index (χ0n) is 11.2. The first-order valence-electron chi connectivity index (χ1n) is 6.79. The van der Waals surface area contributed by atoms with Crippen LogP contribution in [0.2, 0.25) is 0 Å². The third-order valence-corrected chi connectivity index (χ3v) is 3.63. The molecule has 0 aliphatic carbocycles. The van der Waals surface area contributed by atoms with Crippen molar-refractivity contribution in [2.75, 3.05) is 19.6 Å². The predicted octanol–water partition coefficient (Wildman–Crippen LogP) is 3.27. The topological polar surface area (TPSA) is 20.3 Å². The summed E-state index contributed by atoms with van der Waals surface area (Å²) in [5.41, 5.74) is 0.253. The van der Waals surface area contributed by atoms with E-state index in [1.165, 1.54) is 25.3 Å². The van der Waals surface area contributed by atoms with Crippen molar-refractivity contribution in [1.29, 1.82) is 0 Å². The molecule has 104 valence electrons. The number of hydrogen-bond donors (Lipinski definition) is 0. The van der Waals surface area contributed by atoms with E-state index in [0.29, 0.717) is 6.54 Å². The molecule has 1 atom stereocenters. The molecule has 2 rings (SSSR count). The Hall–Kier alpha value is -1.29. The van der Waals surface area contributed by atoms with Gasteiger partial charge in [0.1, 0.15) is 0 Å². The molecule has 1 unspecified atom stereocenters. The van der Waals surface area contributed by atoms with Gasteiger partial charge in [-0.15, -0.1) is 0 Å². The van der Waals surface area contributed by atoms with Crippen molar-refractivity contribution in [3.05, 3.63) is 35.4 Å². The molecule has 0 amide bonds. The fourth-order valence-electron chi connectivity index (χ4n) is 2.55. The highest BCUT2D eigenvalue weighted by atomic mass is 19.2. The molecule has 1 heterocycles. The SMILES string of the molecule is CC(CN1CCCCC1)C(=O)c1ccc(F)c(F)c1. The molecule has 0 saturated carbocycles. The molecule has 0 spiro atoms. The van der Waals surface area contributed by atoms with Crippen LogP contribution in [0.5, 0.6) is 0 Å². The molecule has 1 fully saturated rings. The van der Waals surface area contributed by atoms with E-state index >= 15 is 0 Å². The number of likely N-dealkylation sites (tertiary alicyclic amines) is 1. The number of nitrogens with zero attached hydrogens (tertiary/aromatic N) is 1. The van der Waals surface area contributed by atoms with Gasteiger partial charge in [-0.1, -0.05) is 13.3 Å². The summed E-state index contributed by atoms with van der Waals surface area (Å²) in [6.45, 7) is 4.58. The van der Waals surface area contributed by atoms with Gasteiger partial charge in [0, 0.05) is 18.0 Å². The molecule has 0 bridgehead atoms. The van der Waals surface area contributed by atoms with E-state index in [9.17, 15) is 13.6 Å². The molecule has 1 saturated heterocycles. The lowest BCUT2D eigenvalue weighted by Crippen LogP contribution is -2.35. The molecule has 0 N–H and O–H groups in total. The van der Waals surface area contributed by atoms with Gasteiger partial charge in [-0.3, -0.25) is 4.79 Å². The number of carbonyl (C=O) groups is 1. The molecular formula is C15H19F2NO. The van der Waals surface area contributed by atoms with E-state index in [1.807, 2.05) is 6.92 Å². The van der Waals surface area contributed by atoms with Gasteiger partial charge in [0.2, 0.25) is 0 Å². The van der Waals surface area contributed by atoms with Crippen molar-refractivity contribution in [3.63, 3.8) is 0 Å². The van der Waals surface area contributed by atoms with E-state index in [-0.39, 0.29) is 17.3 Å². The quantitative estimate of drug-likeness (QED) is 0.780. The highest BCUT2D eigenvalue weighted by Gasteiger charge is 2.20. The second-order valence-electron chi connectivity index (χ2n) is 5.26. The highest BCUT2D eigenvalue weighted by Crippen LogP contribution is 2.16. The summed E-state index contributed by atoms with van der Waals surface area (Å²) in [6.07, 6.45) is 3.60. The first-order chi connectivity index (χ1) is 9.08. The zero-order chi connectivity index (χ0) is 13.8. The summed E-state index contributed by atoms with van der Waals surface area (Å²) < 4.78 is 26.0. The summed E-state index contributed by atoms with van der Waals surface area (Å²) in [7, 11) is 0. The summed E-state index contributed by atoms with van der Waals surface area (Å²) in [5.74, 6) is -2.19. The third-order valence-electron chi connectivity index (χ3n) is 3.63. The lowest BCUT2D eigenvalue weighted by molar-refractivity contribution is 0.0883.